The molecular weight excluding hydrogens is 625 g/mol. The van der Waals surface area contributed by atoms with Crippen LogP contribution in [-0.4, -0.2) is 97.9 Å². The van der Waals surface area contributed by atoms with Gasteiger partial charge in [0.05, 0.1) is 23.9 Å². The number of benzene rings is 1. The fourth-order valence-electron chi connectivity index (χ4n) is 6.92. The van der Waals surface area contributed by atoms with E-state index in [1.165, 1.54) is 25.9 Å². The van der Waals surface area contributed by atoms with Crippen LogP contribution in [0.4, 0.5) is 14.9 Å². The van der Waals surface area contributed by atoms with E-state index in [0.29, 0.717) is 30.8 Å². The fourth-order valence-corrected chi connectivity index (χ4v) is 6.92. The summed E-state index contributed by atoms with van der Waals surface area (Å²) in [5.74, 6) is -5.72. The zero-order valence-electron chi connectivity index (χ0n) is 28.7. The second-order valence-corrected chi connectivity index (χ2v) is 13.5. The highest BCUT2D eigenvalue weighted by Gasteiger charge is 2.55. The van der Waals surface area contributed by atoms with E-state index in [-0.39, 0.29) is 25.2 Å². The number of hydrogen-bond acceptors (Lipinski definition) is 11. The fraction of sp³-hybridized carbons (Fsp3) is 0.647. The van der Waals surface area contributed by atoms with Gasteiger partial charge in [0.1, 0.15) is 17.6 Å². The van der Waals surface area contributed by atoms with E-state index < -0.39 is 71.2 Å². The number of halogens is 1. The van der Waals surface area contributed by atoms with Crippen LogP contribution in [0.1, 0.15) is 67.2 Å². The summed E-state index contributed by atoms with van der Waals surface area (Å²) in [6, 6.07) is 6.47. The molecular formula is C34H48FN5O8. The standard InChI is InChI=1S/C34H48FN5O8/c1-8-25-28-26(40(32(45)48-28)15-10-9-14-39-18-24(37-38-39)22-12-11-13-23(36)16-22)20(3)27(41)19(2)17-33(5,46-7)29(42)21(4)30(43)34(6,35)31(44)47-25/h11-13,16,18-21,25-26,28-29,42H,8-10,14-15,17,36H2,1-7H3/t19-,20-,21-,25-,26-,28-,29-,33-,34+/m1/s1. The number of unbranched alkanes of at least 4 members (excludes halogenated alkanes) is 1. The first kappa shape index (κ1) is 36.9. The third-order valence-corrected chi connectivity index (χ3v) is 9.94. The largest absolute Gasteiger partial charge is 0.456 e. The van der Waals surface area contributed by atoms with Crippen molar-refractivity contribution in [1.82, 2.24) is 19.9 Å². The lowest BCUT2D eigenvalue weighted by molar-refractivity contribution is -0.177. The number of Topliss-reactive ketones (excluding diaryl/α,β-unsaturated/α-hetero) is 2. The Kier molecular flexibility index (Phi) is 11.3. The van der Waals surface area contributed by atoms with Gasteiger partial charge in [-0.25, -0.2) is 14.0 Å². The highest BCUT2D eigenvalue weighted by atomic mass is 19.1. The quantitative estimate of drug-likeness (QED) is 0.181. The minimum atomic E-state index is -3.11. The molecule has 1 aromatic heterocycles. The predicted molar refractivity (Wildman–Crippen MR) is 173 cm³/mol. The number of aromatic nitrogens is 3. The van der Waals surface area contributed by atoms with Crippen LogP contribution in [0.2, 0.25) is 0 Å². The molecule has 3 N–H and O–H groups in total. The summed E-state index contributed by atoms with van der Waals surface area (Å²) in [6.45, 7) is 9.42. The summed E-state index contributed by atoms with van der Waals surface area (Å²) in [6.07, 6.45) is -1.42. The minimum absolute atomic E-state index is 0.00221. The van der Waals surface area contributed by atoms with Crippen molar-refractivity contribution >= 4 is 29.3 Å². The summed E-state index contributed by atoms with van der Waals surface area (Å²) in [4.78, 5) is 55.3. The van der Waals surface area contributed by atoms with Crippen molar-refractivity contribution in [3.8, 4) is 11.3 Å². The molecule has 0 radical (unpaired) electrons. The number of hydrogen-bond donors (Lipinski definition) is 2. The van der Waals surface area contributed by atoms with E-state index in [0.717, 1.165) is 12.5 Å². The number of nitrogens with zero attached hydrogens (tertiary/aromatic N) is 4. The van der Waals surface area contributed by atoms with Gasteiger partial charge in [-0.2, -0.15) is 0 Å². The van der Waals surface area contributed by atoms with Crippen molar-refractivity contribution < 1.29 is 42.9 Å². The van der Waals surface area contributed by atoms with Gasteiger partial charge < -0.3 is 30.0 Å². The Hall–Kier alpha value is -3.91. The number of amides is 1. The summed E-state index contributed by atoms with van der Waals surface area (Å²) in [7, 11) is 1.33. The summed E-state index contributed by atoms with van der Waals surface area (Å²) in [5, 5.41) is 19.6. The van der Waals surface area contributed by atoms with Crippen LogP contribution >= 0.6 is 0 Å². The van der Waals surface area contributed by atoms with E-state index >= 15 is 4.39 Å². The molecule has 2 aromatic rings. The Bertz CT molecular complexity index is 1500. The molecule has 3 heterocycles. The van der Waals surface area contributed by atoms with Crippen LogP contribution in [0.25, 0.3) is 11.3 Å². The first-order chi connectivity index (χ1) is 22.5. The number of alkyl halides is 1. The van der Waals surface area contributed by atoms with Crippen molar-refractivity contribution in [2.24, 2.45) is 17.8 Å². The minimum Gasteiger partial charge on any atom is -0.456 e. The first-order valence-electron chi connectivity index (χ1n) is 16.5. The Morgan fingerprint density at radius 3 is 2.42 bits per heavy atom. The molecule has 1 amide bonds. The molecule has 0 unspecified atom stereocenters. The van der Waals surface area contributed by atoms with Crippen molar-refractivity contribution in [2.75, 3.05) is 19.4 Å². The number of ether oxygens (including phenoxy) is 3. The molecule has 4 rings (SSSR count). The molecule has 0 spiro atoms. The molecule has 2 aliphatic rings. The number of ketones is 2. The van der Waals surface area contributed by atoms with Crippen LogP contribution in [0, 0.1) is 17.8 Å². The third-order valence-electron chi connectivity index (χ3n) is 9.94. The number of nitrogen functional groups attached to an aromatic ring is 1. The van der Waals surface area contributed by atoms with Gasteiger partial charge in [0.25, 0.3) is 5.67 Å². The van der Waals surface area contributed by atoms with Crippen LogP contribution in [0.5, 0.6) is 0 Å². The lowest BCUT2D eigenvalue weighted by Gasteiger charge is -2.40. The van der Waals surface area contributed by atoms with Gasteiger partial charge in [0.15, 0.2) is 11.9 Å². The van der Waals surface area contributed by atoms with E-state index in [9.17, 15) is 24.3 Å². The van der Waals surface area contributed by atoms with Gasteiger partial charge in [-0.15, -0.1) is 5.10 Å². The molecule has 2 saturated heterocycles. The molecule has 0 bridgehead atoms. The Balaban J connectivity index is 1.58. The smallest absolute Gasteiger partial charge is 0.410 e. The van der Waals surface area contributed by atoms with Crippen LogP contribution < -0.4 is 5.73 Å². The maximum Gasteiger partial charge on any atom is 0.410 e. The average Bonchev–Trinajstić information content (AvgIpc) is 3.67. The average molecular weight is 674 g/mol. The summed E-state index contributed by atoms with van der Waals surface area (Å²) >= 11 is 0. The third kappa shape index (κ3) is 7.39. The number of rotatable bonds is 8. The lowest BCUT2D eigenvalue weighted by Crippen LogP contribution is -2.56. The molecule has 0 aliphatic carbocycles. The zero-order valence-corrected chi connectivity index (χ0v) is 28.7. The van der Waals surface area contributed by atoms with Crippen molar-refractivity contribution in [2.45, 2.75) is 109 Å². The number of aryl methyl sites for hydroxylation is 1. The molecule has 48 heavy (non-hydrogen) atoms. The molecule has 264 valence electrons. The van der Waals surface area contributed by atoms with Crippen molar-refractivity contribution in [1.29, 1.82) is 0 Å². The van der Waals surface area contributed by atoms with Crippen LogP contribution in [0.15, 0.2) is 30.5 Å². The summed E-state index contributed by atoms with van der Waals surface area (Å²) in [5.41, 5.74) is 3.48. The van der Waals surface area contributed by atoms with Gasteiger partial charge >= 0.3 is 12.1 Å². The maximum atomic E-state index is 15.9. The van der Waals surface area contributed by atoms with Gasteiger partial charge in [0, 0.05) is 49.2 Å². The number of carbonyl (C=O) groups excluding carboxylic acids is 4. The molecule has 2 aliphatic heterocycles. The SMILES string of the molecule is CC[C@H]1OC(=O)[C@@](C)(F)C(=O)[C@H](C)[C@@H](O)[C@](C)(OC)C[C@@H](C)C(=O)[C@H](C)[C@@H]2[C@@H]1OC(=O)N2CCCCn1cc(-c2cccc(N)c2)nn1. The predicted octanol–water partition coefficient (Wildman–Crippen LogP) is 3.76. The normalized spacial score (nSPS) is 33.6. The number of fused-ring (bicyclic) bond motifs is 1. The highest BCUT2D eigenvalue weighted by molar-refractivity contribution is 6.07. The second kappa shape index (κ2) is 14.7. The van der Waals surface area contributed by atoms with Crippen LogP contribution in [-0.2, 0) is 35.1 Å². The summed E-state index contributed by atoms with van der Waals surface area (Å²) < 4.78 is 34.6. The number of aliphatic hydroxyl groups is 1. The van der Waals surface area contributed by atoms with Gasteiger partial charge in [-0.3, -0.25) is 14.3 Å². The van der Waals surface area contributed by atoms with Gasteiger partial charge in [-0.05, 0) is 51.7 Å². The highest BCUT2D eigenvalue weighted by Crippen LogP contribution is 2.37. The van der Waals surface area contributed by atoms with Crippen LogP contribution in [0.3, 0.4) is 0 Å². The molecule has 0 saturated carbocycles. The number of esters is 1. The monoisotopic (exact) mass is 673 g/mol. The van der Waals surface area contributed by atoms with Gasteiger partial charge in [0.2, 0.25) is 0 Å². The zero-order chi connectivity index (χ0) is 35.6. The van der Waals surface area contributed by atoms with Gasteiger partial charge in [-0.1, -0.05) is 45.0 Å². The molecule has 2 fully saturated rings. The number of methoxy groups -OCH3 is 1. The maximum absolute atomic E-state index is 15.9. The number of anilines is 1. The number of nitrogens with two attached hydrogens (primary N) is 1. The van der Waals surface area contributed by atoms with E-state index in [1.54, 1.807) is 31.5 Å². The molecule has 9 atom stereocenters. The molecule has 1 aromatic carbocycles. The Morgan fingerprint density at radius 1 is 1.08 bits per heavy atom. The Labute approximate surface area is 280 Å². The number of aliphatic hydroxyl groups excluding tert-OH is 1. The van der Waals surface area contributed by atoms with Crippen molar-refractivity contribution in [3.05, 3.63) is 30.5 Å². The first-order valence-corrected chi connectivity index (χ1v) is 16.5. The van der Waals surface area contributed by atoms with E-state index in [1.807, 2.05) is 24.4 Å². The number of carbonyl (C=O) groups is 4. The topological polar surface area (TPSA) is 176 Å². The second-order valence-electron chi connectivity index (χ2n) is 13.5. The van der Waals surface area contributed by atoms with Crippen molar-refractivity contribution in [3.63, 3.8) is 0 Å². The number of cyclic esters (lactones) is 1. The van der Waals surface area contributed by atoms with E-state index in [4.69, 9.17) is 19.9 Å². The molecule has 14 heteroatoms. The Morgan fingerprint density at radius 2 is 1.77 bits per heavy atom. The van der Waals surface area contributed by atoms with E-state index in [2.05, 4.69) is 10.3 Å². The lowest BCUT2D eigenvalue weighted by atomic mass is 9.75. The molecule has 13 nitrogen and oxygen atoms in total.